The van der Waals surface area contributed by atoms with Crippen molar-refractivity contribution in [2.24, 2.45) is 17.8 Å². The van der Waals surface area contributed by atoms with Crippen LogP contribution in [0.25, 0.3) is 0 Å². The van der Waals surface area contributed by atoms with Crippen molar-refractivity contribution < 1.29 is 4.79 Å². The van der Waals surface area contributed by atoms with Gasteiger partial charge in [-0.2, -0.15) is 5.26 Å². The van der Waals surface area contributed by atoms with Gasteiger partial charge in [0, 0.05) is 13.1 Å². The average molecular weight is 256 g/mol. The van der Waals surface area contributed by atoms with E-state index >= 15 is 0 Å². The molecule has 1 aromatic rings. The molecule has 3 atom stereocenters. The minimum Gasteiger partial charge on any atom is -0.341 e. The number of carbonyl (C=O) groups excluding carboxylic acids is 1. The summed E-state index contributed by atoms with van der Waals surface area (Å²) in [6, 6.07) is 11.9. The predicted octanol–water partition coefficient (Wildman–Crippen LogP) is 2.48. The van der Waals surface area contributed by atoms with E-state index in [1.54, 1.807) is 0 Å². The lowest BCUT2D eigenvalue weighted by atomic mass is 9.99. The van der Waals surface area contributed by atoms with Crippen molar-refractivity contribution in [3.05, 3.63) is 35.9 Å². The Morgan fingerprint density at radius 1 is 1.32 bits per heavy atom. The Labute approximate surface area is 114 Å². The molecule has 100 valence electrons. The predicted molar refractivity (Wildman–Crippen MR) is 74.2 cm³/mol. The van der Waals surface area contributed by atoms with Crippen molar-refractivity contribution in [2.75, 3.05) is 13.1 Å². The van der Waals surface area contributed by atoms with E-state index < -0.39 is 5.92 Å². The molecule has 1 aliphatic heterocycles. The van der Waals surface area contributed by atoms with Crippen LogP contribution in [0.1, 0.15) is 19.4 Å². The van der Waals surface area contributed by atoms with Crippen LogP contribution in [0.15, 0.2) is 30.3 Å². The molecule has 3 unspecified atom stereocenters. The van der Waals surface area contributed by atoms with E-state index in [-0.39, 0.29) is 5.91 Å². The molecule has 0 aromatic heterocycles. The second-order valence-corrected chi connectivity index (χ2v) is 5.57. The number of amides is 1. The molecule has 1 fully saturated rings. The molecule has 0 N–H and O–H groups in total. The van der Waals surface area contributed by atoms with Crippen molar-refractivity contribution in [3.63, 3.8) is 0 Å². The maximum absolute atomic E-state index is 12.4. The number of nitriles is 1. The number of carbonyl (C=O) groups is 1. The lowest BCUT2D eigenvalue weighted by molar-refractivity contribution is -0.132. The van der Waals surface area contributed by atoms with Gasteiger partial charge in [0.05, 0.1) is 6.07 Å². The van der Waals surface area contributed by atoms with Gasteiger partial charge in [0.15, 0.2) is 0 Å². The molecule has 0 bridgehead atoms. The first-order valence-corrected chi connectivity index (χ1v) is 6.84. The van der Waals surface area contributed by atoms with E-state index in [0.29, 0.717) is 18.3 Å². The summed E-state index contributed by atoms with van der Waals surface area (Å²) in [5.74, 6) is 0.488. The molecule has 1 amide bonds. The summed E-state index contributed by atoms with van der Waals surface area (Å²) in [5.41, 5.74) is 1.04. The summed E-state index contributed by atoms with van der Waals surface area (Å²) >= 11 is 0. The average Bonchev–Trinajstić information content (AvgIpc) is 2.76. The number of hydrogen-bond acceptors (Lipinski definition) is 2. The number of likely N-dealkylation sites (tertiary alicyclic amines) is 1. The van der Waals surface area contributed by atoms with E-state index in [2.05, 4.69) is 19.9 Å². The number of nitrogens with zero attached hydrogens (tertiary/aromatic N) is 2. The molecule has 3 heteroatoms. The summed E-state index contributed by atoms with van der Waals surface area (Å²) in [6.07, 6.45) is 0.509. The van der Waals surface area contributed by atoms with E-state index in [1.165, 1.54) is 0 Å². The normalized spacial score (nSPS) is 23.9. The van der Waals surface area contributed by atoms with Gasteiger partial charge < -0.3 is 4.90 Å². The van der Waals surface area contributed by atoms with Crippen LogP contribution in [0, 0.1) is 29.1 Å². The number of rotatable bonds is 3. The maximum Gasteiger partial charge on any atom is 0.240 e. The van der Waals surface area contributed by atoms with Crippen LogP contribution in [0.2, 0.25) is 0 Å². The van der Waals surface area contributed by atoms with E-state index in [0.717, 1.165) is 18.7 Å². The van der Waals surface area contributed by atoms with Gasteiger partial charge >= 0.3 is 0 Å². The third kappa shape index (κ3) is 3.14. The first-order valence-electron chi connectivity index (χ1n) is 6.84. The maximum atomic E-state index is 12.4. The fourth-order valence-electron chi connectivity index (χ4n) is 2.57. The highest BCUT2D eigenvalue weighted by Crippen LogP contribution is 2.24. The van der Waals surface area contributed by atoms with Crippen LogP contribution in [0.5, 0.6) is 0 Å². The molecule has 0 aliphatic carbocycles. The number of benzene rings is 1. The Kier molecular flexibility index (Phi) is 4.21. The fraction of sp³-hybridized carbons (Fsp3) is 0.500. The van der Waals surface area contributed by atoms with Crippen LogP contribution in [0.3, 0.4) is 0 Å². The van der Waals surface area contributed by atoms with Crippen molar-refractivity contribution >= 4 is 5.91 Å². The van der Waals surface area contributed by atoms with Crippen molar-refractivity contribution in [3.8, 4) is 6.07 Å². The quantitative estimate of drug-likeness (QED) is 0.834. The zero-order valence-electron chi connectivity index (χ0n) is 11.5. The van der Waals surface area contributed by atoms with E-state index in [9.17, 15) is 10.1 Å². The Morgan fingerprint density at radius 3 is 2.42 bits per heavy atom. The third-order valence-electron chi connectivity index (χ3n) is 4.04. The Bertz CT molecular complexity index is 467. The van der Waals surface area contributed by atoms with Crippen molar-refractivity contribution in [2.45, 2.75) is 20.3 Å². The first kappa shape index (κ1) is 13.6. The topological polar surface area (TPSA) is 44.1 Å². The highest BCUT2D eigenvalue weighted by molar-refractivity contribution is 5.81. The lowest BCUT2D eigenvalue weighted by Crippen LogP contribution is -2.35. The zero-order valence-corrected chi connectivity index (χ0v) is 11.5. The molecular formula is C16H20N2O. The molecule has 1 aromatic carbocycles. The summed E-state index contributed by atoms with van der Waals surface area (Å²) < 4.78 is 0. The highest BCUT2D eigenvalue weighted by Gasteiger charge is 2.33. The molecule has 19 heavy (non-hydrogen) atoms. The molecule has 3 nitrogen and oxygen atoms in total. The second-order valence-electron chi connectivity index (χ2n) is 5.57. The molecule has 2 rings (SSSR count). The van der Waals surface area contributed by atoms with Crippen LogP contribution in [-0.4, -0.2) is 23.9 Å². The van der Waals surface area contributed by atoms with Gasteiger partial charge in [0.2, 0.25) is 5.91 Å². The SMILES string of the molecule is CC1CN(C(=O)C(C#N)Cc2ccccc2)CC1C. The van der Waals surface area contributed by atoms with Gasteiger partial charge in [0.25, 0.3) is 0 Å². The van der Waals surface area contributed by atoms with E-state index in [1.807, 2.05) is 35.2 Å². The standard InChI is InChI=1S/C16H20N2O/c1-12-10-18(11-13(12)2)16(19)15(9-17)8-14-6-4-3-5-7-14/h3-7,12-13,15H,8,10-11H2,1-2H3. The fourth-order valence-corrected chi connectivity index (χ4v) is 2.57. The third-order valence-corrected chi connectivity index (χ3v) is 4.04. The number of hydrogen-bond donors (Lipinski definition) is 0. The van der Waals surface area contributed by atoms with Crippen LogP contribution in [-0.2, 0) is 11.2 Å². The largest absolute Gasteiger partial charge is 0.341 e. The second kappa shape index (κ2) is 5.88. The molecule has 0 radical (unpaired) electrons. The molecule has 1 aliphatic rings. The molecule has 1 heterocycles. The van der Waals surface area contributed by atoms with Gasteiger partial charge in [0.1, 0.15) is 5.92 Å². The van der Waals surface area contributed by atoms with Crippen molar-refractivity contribution in [1.82, 2.24) is 4.90 Å². The molecular weight excluding hydrogens is 236 g/mol. The summed E-state index contributed by atoms with van der Waals surface area (Å²) in [6.45, 7) is 5.90. The van der Waals surface area contributed by atoms with Gasteiger partial charge in [-0.15, -0.1) is 0 Å². The van der Waals surface area contributed by atoms with Gasteiger partial charge in [-0.1, -0.05) is 44.2 Å². The first-order chi connectivity index (χ1) is 9.11. The zero-order chi connectivity index (χ0) is 13.8. The van der Waals surface area contributed by atoms with Gasteiger partial charge in [-0.25, -0.2) is 0 Å². The minimum atomic E-state index is -0.556. The summed E-state index contributed by atoms with van der Waals surface area (Å²) in [7, 11) is 0. The smallest absolute Gasteiger partial charge is 0.240 e. The highest BCUT2D eigenvalue weighted by atomic mass is 16.2. The monoisotopic (exact) mass is 256 g/mol. The Hall–Kier alpha value is -1.82. The molecule has 0 spiro atoms. The Morgan fingerprint density at radius 2 is 1.89 bits per heavy atom. The summed E-state index contributed by atoms with van der Waals surface area (Å²) in [5, 5.41) is 9.25. The van der Waals surface area contributed by atoms with Crippen molar-refractivity contribution in [1.29, 1.82) is 5.26 Å². The van der Waals surface area contributed by atoms with Crippen LogP contribution >= 0.6 is 0 Å². The minimum absolute atomic E-state index is 0.0115. The molecule has 0 saturated carbocycles. The van der Waals surface area contributed by atoms with Crippen LogP contribution < -0.4 is 0 Å². The van der Waals surface area contributed by atoms with Gasteiger partial charge in [-0.05, 0) is 23.8 Å². The van der Waals surface area contributed by atoms with Crippen LogP contribution in [0.4, 0.5) is 0 Å². The lowest BCUT2D eigenvalue weighted by Gasteiger charge is -2.19. The van der Waals surface area contributed by atoms with Gasteiger partial charge in [-0.3, -0.25) is 4.79 Å². The van der Waals surface area contributed by atoms with E-state index in [4.69, 9.17) is 0 Å². The summed E-state index contributed by atoms with van der Waals surface area (Å²) in [4.78, 5) is 14.2. The molecule has 1 saturated heterocycles. The Balaban J connectivity index is 2.03.